The average Bonchev–Trinajstić information content (AvgIpc) is 1.82. The number of carbonyl (C=O) groups excluding carboxylic acids is 1. The van der Waals surface area contributed by atoms with Gasteiger partial charge in [-0.05, 0) is 0 Å². The van der Waals surface area contributed by atoms with Crippen molar-refractivity contribution in [3.05, 3.63) is 10.1 Å². The fourth-order valence-electron chi connectivity index (χ4n) is 0.906. The van der Waals surface area contributed by atoms with Crippen molar-refractivity contribution in [2.24, 2.45) is 0 Å². The molecule has 0 saturated carbocycles. The monoisotopic (exact) mass is 194 g/mol. The lowest BCUT2D eigenvalue weighted by molar-refractivity contribution is -0.498. The van der Waals surface area contributed by atoms with Gasteiger partial charge in [0.25, 0.3) is 0 Å². The summed E-state index contributed by atoms with van der Waals surface area (Å²) in [6.45, 7) is 0. The van der Waals surface area contributed by atoms with Gasteiger partial charge in [-0.2, -0.15) is 8.42 Å². The Hall–Kier alpha value is -1.18. The molecule has 0 aromatic rings. The number of hydrogen-bond donors (Lipinski definition) is 1. The maximum Gasteiger partial charge on any atom is 0.329 e. The van der Waals surface area contributed by atoms with Crippen molar-refractivity contribution < 1.29 is 18.1 Å². The van der Waals surface area contributed by atoms with Crippen molar-refractivity contribution in [3.8, 4) is 0 Å². The highest BCUT2D eigenvalue weighted by Gasteiger charge is 2.41. The quantitative estimate of drug-likeness (QED) is 0.418. The minimum absolute atomic E-state index is 0.120. The third kappa shape index (κ3) is 1.52. The van der Waals surface area contributed by atoms with Gasteiger partial charge in [-0.1, -0.05) is 0 Å². The lowest BCUT2D eigenvalue weighted by atomic mass is 10.3. The molecule has 0 aromatic carbocycles. The topological polar surface area (TPSA) is 106 Å². The minimum Gasteiger partial charge on any atom is -0.274 e. The van der Waals surface area contributed by atoms with Crippen LogP contribution in [0.3, 0.4) is 0 Å². The largest absolute Gasteiger partial charge is 0.329 e. The fourth-order valence-corrected chi connectivity index (χ4v) is 2.12. The molecule has 1 heterocycles. The Morgan fingerprint density at radius 2 is 2.17 bits per heavy atom. The summed E-state index contributed by atoms with van der Waals surface area (Å²) in [7, 11) is -4.07. The smallest absolute Gasteiger partial charge is 0.274 e. The first kappa shape index (κ1) is 8.91. The first-order valence-corrected chi connectivity index (χ1v) is 4.66. The molecule has 1 fully saturated rings. The van der Waals surface area contributed by atoms with Crippen molar-refractivity contribution in [1.29, 1.82) is 0 Å². The van der Waals surface area contributed by atoms with E-state index in [2.05, 4.69) is 0 Å². The molecule has 0 bridgehead atoms. The number of rotatable bonds is 1. The van der Waals surface area contributed by atoms with Crippen LogP contribution in [0, 0.1) is 10.1 Å². The molecule has 12 heavy (non-hydrogen) atoms. The second-order valence-corrected chi connectivity index (χ2v) is 4.19. The number of carbonyl (C=O) groups is 1. The molecule has 1 rings (SSSR count). The molecule has 1 aliphatic rings. The highest BCUT2D eigenvalue weighted by molar-refractivity contribution is 7.90. The highest BCUT2D eigenvalue weighted by atomic mass is 32.2. The van der Waals surface area contributed by atoms with E-state index in [1.807, 2.05) is 0 Å². The van der Waals surface area contributed by atoms with Gasteiger partial charge in [0.1, 0.15) is 0 Å². The summed E-state index contributed by atoms with van der Waals surface area (Å²) in [5.74, 6) is -0.687. The molecular weight excluding hydrogens is 188 g/mol. The number of sulfonamides is 1. The van der Waals surface area contributed by atoms with E-state index >= 15 is 0 Å². The molecule has 1 saturated heterocycles. The fraction of sp³-hybridized carbons (Fsp3) is 0.750. The summed E-state index contributed by atoms with van der Waals surface area (Å²) < 4.78 is 23.3. The second kappa shape index (κ2) is 2.70. The minimum atomic E-state index is -4.07. The Morgan fingerprint density at radius 3 is 2.58 bits per heavy atom. The van der Waals surface area contributed by atoms with Crippen LogP contribution in [0.2, 0.25) is 0 Å². The van der Waals surface area contributed by atoms with Crippen LogP contribution in [0.15, 0.2) is 0 Å². The number of nitrogens with zero attached hydrogens (tertiary/aromatic N) is 1. The van der Waals surface area contributed by atoms with Gasteiger partial charge in [-0.15, -0.1) is 0 Å². The lowest BCUT2D eigenvalue weighted by Gasteiger charge is -2.15. The van der Waals surface area contributed by atoms with E-state index in [1.165, 1.54) is 0 Å². The van der Waals surface area contributed by atoms with E-state index in [9.17, 15) is 23.3 Å². The van der Waals surface area contributed by atoms with E-state index in [0.29, 0.717) is 0 Å². The molecule has 1 aliphatic heterocycles. The van der Waals surface area contributed by atoms with Gasteiger partial charge in [0.05, 0.1) is 0 Å². The van der Waals surface area contributed by atoms with Crippen molar-refractivity contribution in [3.63, 3.8) is 0 Å². The standard InChI is InChI=1S/C4H6N2O5S/c7-3-1-2-4(6(8)9)12(10,11)5-3/h4H,1-2H2,(H,5,7). The average molecular weight is 194 g/mol. The van der Waals surface area contributed by atoms with E-state index in [0.717, 1.165) is 0 Å². The van der Waals surface area contributed by atoms with Crippen LogP contribution in [-0.2, 0) is 14.8 Å². The molecule has 0 aliphatic carbocycles. The van der Waals surface area contributed by atoms with E-state index < -0.39 is 26.2 Å². The van der Waals surface area contributed by atoms with Crippen LogP contribution >= 0.6 is 0 Å². The van der Waals surface area contributed by atoms with Crippen LogP contribution in [0.1, 0.15) is 12.8 Å². The van der Waals surface area contributed by atoms with E-state index in [1.54, 1.807) is 4.72 Å². The Balaban J connectivity index is 2.93. The Labute approximate surface area is 68.0 Å². The van der Waals surface area contributed by atoms with Crippen LogP contribution in [0.25, 0.3) is 0 Å². The molecule has 8 heteroatoms. The summed E-state index contributed by atoms with van der Waals surface area (Å²) in [5.41, 5.74) is 0. The first-order chi connectivity index (χ1) is 5.43. The van der Waals surface area contributed by atoms with E-state index in [4.69, 9.17) is 0 Å². The van der Waals surface area contributed by atoms with Crippen molar-refractivity contribution in [1.82, 2.24) is 4.72 Å². The number of amides is 1. The predicted molar refractivity (Wildman–Crippen MR) is 37.1 cm³/mol. The number of hydrogen-bond acceptors (Lipinski definition) is 5. The SMILES string of the molecule is O=C1CCC([N+](=O)[O-])S(=O)(=O)N1. The number of nitrogens with one attached hydrogen (secondary N) is 1. The van der Waals surface area contributed by atoms with Gasteiger partial charge < -0.3 is 0 Å². The summed E-state index contributed by atoms with van der Waals surface area (Å²) in [4.78, 5) is 19.8. The third-order valence-corrected chi connectivity index (χ3v) is 3.10. The molecule has 1 N–H and O–H groups in total. The summed E-state index contributed by atoms with van der Waals surface area (Å²) in [6, 6.07) is 0. The Morgan fingerprint density at radius 1 is 1.58 bits per heavy atom. The van der Waals surface area contributed by atoms with Gasteiger partial charge in [0.2, 0.25) is 5.91 Å². The molecule has 0 radical (unpaired) electrons. The van der Waals surface area contributed by atoms with Crippen LogP contribution in [0.5, 0.6) is 0 Å². The van der Waals surface area contributed by atoms with Crippen LogP contribution in [0.4, 0.5) is 0 Å². The lowest BCUT2D eigenvalue weighted by Crippen LogP contribution is -2.46. The third-order valence-electron chi connectivity index (χ3n) is 1.47. The molecule has 1 amide bonds. The van der Waals surface area contributed by atoms with Gasteiger partial charge in [-0.3, -0.25) is 14.9 Å². The normalized spacial score (nSPS) is 27.7. The van der Waals surface area contributed by atoms with Crippen molar-refractivity contribution >= 4 is 15.9 Å². The Bertz CT molecular complexity index is 320. The summed E-state index contributed by atoms with van der Waals surface area (Å²) in [6.07, 6.45) is -0.369. The molecule has 0 aromatic heterocycles. The summed E-state index contributed by atoms with van der Waals surface area (Å²) in [5, 5.41) is 8.47. The van der Waals surface area contributed by atoms with Gasteiger partial charge in [0, 0.05) is 17.8 Å². The van der Waals surface area contributed by atoms with Gasteiger partial charge in [-0.25, -0.2) is 4.72 Å². The predicted octanol–water partition coefficient (Wildman–Crippen LogP) is -1.17. The maximum absolute atomic E-state index is 10.9. The van der Waals surface area contributed by atoms with Gasteiger partial charge >= 0.3 is 15.4 Å². The van der Waals surface area contributed by atoms with Crippen LogP contribution in [-0.4, -0.2) is 24.6 Å². The molecule has 7 nitrogen and oxygen atoms in total. The zero-order chi connectivity index (χ0) is 9.35. The molecule has 1 atom stereocenters. The second-order valence-electron chi connectivity index (χ2n) is 2.35. The van der Waals surface area contributed by atoms with Crippen molar-refractivity contribution in [2.45, 2.75) is 18.2 Å². The van der Waals surface area contributed by atoms with Crippen molar-refractivity contribution in [2.75, 3.05) is 0 Å². The zero-order valence-electron chi connectivity index (χ0n) is 5.89. The van der Waals surface area contributed by atoms with Crippen LogP contribution < -0.4 is 4.72 Å². The van der Waals surface area contributed by atoms with E-state index in [-0.39, 0.29) is 12.8 Å². The molecule has 0 spiro atoms. The highest BCUT2D eigenvalue weighted by Crippen LogP contribution is 2.13. The molecule has 68 valence electrons. The van der Waals surface area contributed by atoms with Gasteiger partial charge in [0.15, 0.2) is 0 Å². The number of nitro groups is 1. The first-order valence-electron chi connectivity index (χ1n) is 3.11. The summed E-state index contributed by atoms with van der Waals surface area (Å²) >= 11 is 0. The molecular formula is C4H6N2O5S. The molecule has 1 unspecified atom stereocenters. The maximum atomic E-state index is 10.9. The Kier molecular flexibility index (Phi) is 2.01. The zero-order valence-corrected chi connectivity index (χ0v) is 6.70.